The zero-order valence-corrected chi connectivity index (χ0v) is 13.8. The number of hydrogen-bond donors (Lipinski definition) is 1. The van der Waals surface area contributed by atoms with Crippen LogP contribution in [0, 0.1) is 0 Å². The quantitative estimate of drug-likeness (QED) is 0.725. The van der Waals surface area contributed by atoms with Gasteiger partial charge in [-0.1, -0.05) is 17.8 Å². The zero-order valence-electron chi connectivity index (χ0n) is 13.0. The van der Waals surface area contributed by atoms with Crippen LogP contribution in [0.5, 0.6) is 0 Å². The molecule has 3 heterocycles. The van der Waals surface area contributed by atoms with Crippen LogP contribution in [-0.2, 0) is 11.8 Å². The van der Waals surface area contributed by atoms with E-state index in [1.807, 2.05) is 37.5 Å². The molecule has 1 N–H and O–H groups in total. The average Bonchev–Trinajstić information content (AvgIpc) is 3.00. The SMILES string of the molecule is Cn1cc(/C=C/C(=O)Nc2ccnc(Sc3ccccn3)c2)cn1. The summed E-state index contributed by atoms with van der Waals surface area (Å²) in [6, 6.07) is 9.26. The normalized spacial score (nSPS) is 10.9. The Morgan fingerprint density at radius 2 is 2.08 bits per heavy atom. The number of rotatable bonds is 5. The topological polar surface area (TPSA) is 72.7 Å². The number of nitrogens with one attached hydrogen (secondary N) is 1. The van der Waals surface area contributed by atoms with Crippen LogP contribution in [-0.4, -0.2) is 25.7 Å². The van der Waals surface area contributed by atoms with Crippen molar-refractivity contribution in [2.75, 3.05) is 5.32 Å². The van der Waals surface area contributed by atoms with Crippen LogP contribution in [0.3, 0.4) is 0 Å². The Balaban J connectivity index is 1.63. The number of aromatic nitrogens is 4. The van der Waals surface area contributed by atoms with E-state index in [0.717, 1.165) is 15.6 Å². The lowest BCUT2D eigenvalue weighted by atomic mass is 10.3. The van der Waals surface area contributed by atoms with Gasteiger partial charge in [-0.25, -0.2) is 9.97 Å². The lowest BCUT2D eigenvalue weighted by Crippen LogP contribution is -2.07. The fraction of sp³-hybridized carbons (Fsp3) is 0.0588. The van der Waals surface area contributed by atoms with Crippen molar-refractivity contribution in [2.24, 2.45) is 7.05 Å². The highest BCUT2D eigenvalue weighted by molar-refractivity contribution is 7.99. The zero-order chi connectivity index (χ0) is 16.8. The maximum Gasteiger partial charge on any atom is 0.248 e. The summed E-state index contributed by atoms with van der Waals surface area (Å²) in [4.78, 5) is 20.5. The first-order valence-electron chi connectivity index (χ1n) is 7.22. The molecule has 3 rings (SSSR count). The maximum atomic E-state index is 12.0. The van der Waals surface area contributed by atoms with Crippen LogP contribution in [0.1, 0.15) is 5.56 Å². The summed E-state index contributed by atoms with van der Waals surface area (Å²) in [6.45, 7) is 0. The average molecular weight is 337 g/mol. The Morgan fingerprint density at radius 3 is 2.83 bits per heavy atom. The number of carbonyl (C=O) groups excluding carboxylic acids is 1. The highest BCUT2D eigenvalue weighted by Crippen LogP contribution is 2.25. The van der Waals surface area contributed by atoms with Crippen LogP contribution in [0.25, 0.3) is 6.08 Å². The highest BCUT2D eigenvalue weighted by atomic mass is 32.2. The summed E-state index contributed by atoms with van der Waals surface area (Å²) >= 11 is 1.44. The first kappa shape index (κ1) is 15.9. The van der Waals surface area contributed by atoms with E-state index in [1.165, 1.54) is 17.8 Å². The predicted molar refractivity (Wildman–Crippen MR) is 93.5 cm³/mol. The van der Waals surface area contributed by atoms with Crippen molar-refractivity contribution in [3.63, 3.8) is 0 Å². The molecule has 0 aliphatic carbocycles. The van der Waals surface area contributed by atoms with Crippen molar-refractivity contribution in [1.82, 2.24) is 19.7 Å². The third kappa shape index (κ3) is 4.53. The van der Waals surface area contributed by atoms with Gasteiger partial charge >= 0.3 is 0 Å². The lowest BCUT2D eigenvalue weighted by Gasteiger charge is -2.04. The molecule has 1 amide bonds. The number of aryl methyl sites for hydroxylation is 1. The minimum atomic E-state index is -0.209. The van der Waals surface area contributed by atoms with Crippen molar-refractivity contribution < 1.29 is 4.79 Å². The highest BCUT2D eigenvalue weighted by Gasteiger charge is 2.03. The third-order valence-electron chi connectivity index (χ3n) is 3.00. The molecule has 0 saturated carbocycles. The Kier molecular flexibility index (Phi) is 5.02. The summed E-state index contributed by atoms with van der Waals surface area (Å²) < 4.78 is 1.68. The van der Waals surface area contributed by atoms with Gasteiger partial charge in [0.05, 0.1) is 6.20 Å². The first-order valence-corrected chi connectivity index (χ1v) is 8.03. The molecule has 7 heteroatoms. The fourth-order valence-electron chi connectivity index (χ4n) is 1.94. The van der Waals surface area contributed by atoms with Crippen LogP contribution >= 0.6 is 11.8 Å². The Hall–Kier alpha value is -2.93. The largest absolute Gasteiger partial charge is 0.322 e. The molecule has 0 aromatic carbocycles. The second-order valence-corrected chi connectivity index (χ2v) is 5.96. The van der Waals surface area contributed by atoms with E-state index in [1.54, 1.807) is 35.4 Å². The summed E-state index contributed by atoms with van der Waals surface area (Å²) in [5, 5.41) is 8.48. The third-order valence-corrected chi connectivity index (χ3v) is 3.88. The van der Waals surface area contributed by atoms with Crippen molar-refractivity contribution >= 4 is 29.4 Å². The summed E-state index contributed by atoms with van der Waals surface area (Å²) in [7, 11) is 1.83. The summed E-state index contributed by atoms with van der Waals surface area (Å²) in [5.41, 5.74) is 1.55. The van der Waals surface area contributed by atoms with Crippen LogP contribution in [0.4, 0.5) is 5.69 Å². The van der Waals surface area contributed by atoms with Gasteiger partial charge in [-0.2, -0.15) is 5.10 Å². The molecule has 0 saturated heterocycles. The van der Waals surface area contributed by atoms with Gasteiger partial charge in [0.1, 0.15) is 10.1 Å². The smallest absolute Gasteiger partial charge is 0.248 e. The van der Waals surface area contributed by atoms with Gasteiger partial charge in [0.15, 0.2) is 0 Å². The van der Waals surface area contributed by atoms with Crippen LogP contribution in [0.2, 0.25) is 0 Å². The maximum absolute atomic E-state index is 12.0. The second kappa shape index (κ2) is 7.56. The molecule has 24 heavy (non-hydrogen) atoms. The molecule has 3 aromatic rings. The number of carbonyl (C=O) groups is 1. The number of amides is 1. The van der Waals surface area contributed by atoms with E-state index in [2.05, 4.69) is 20.4 Å². The van der Waals surface area contributed by atoms with Gasteiger partial charge in [-0.3, -0.25) is 9.48 Å². The molecule has 6 nitrogen and oxygen atoms in total. The van der Waals surface area contributed by atoms with Crippen molar-refractivity contribution in [1.29, 1.82) is 0 Å². The van der Waals surface area contributed by atoms with E-state index >= 15 is 0 Å². The van der Waals surface area contributed by atoms with E-state index in [9.17, 15) is 4.79 Å². The van der Waals surface area contributed by atoms with Crippen molar-refractivity contribution in [2.45, 2.75) is 10.1 Å². The van der Waals surface area contributed by atoms with Gasteiger partial charge in [0.25, 0.3) is 0 Å². The monoisotopic (exact) mass is 337 g/mol. The predicted octanol–water partition coefficient (Wildman–Crippen LogP) is 3.01. The van der Waals surface area contributed by atoms with E-state index in [-0.39, 0.29) is 5.91 Å². The lowest BCUT2D eigenvalue weighted by molar-refractivity contribution is -0.111. The van der Waals surface area contributed by atoms with Crippen molar-refractivity contribution in [3.8, 4) is 0 Å². The summed E-state index contributed by atoms with van der Waals surface area (Å²) in [5.74, 6) is -0.209. The minimum absolute atomic E-state index is 0.209. The minimum Gasteiger partial charge on any atom is -0.322 e. The van der Waals surface area contributed by atoms with Gasteiger partial charge in [0.2, 0.25) is 5.91 Å². The van der Waals surface area contributed by atoms with E-state index < -0.39 is 0 Å². The van der Waals surface area contributed by atoms with Gasteiger partial charge in [-0.05, 0) is 30.3 Å². The van der Waals surface area contributed by atoms with Gasteiger partial charge in [0, 0.05) is 43.0 Å². The standard InChI is InChI=1S/C17H15N5OS/c1-22-12-13(11-20-22)5-6-15(23)21-14-7-9-19-17(10-14)24-16-4-2-3-8-18-16/h2-12H,1H3,(H,19,21,23)/b6-5+. The second-order valence-electron chi connectivity index (χ2n) is 4.92. The number of nitrogens with zero attached hydrogens (tertiary/aromatic N) is 4. The number of hydrogen-bond acceptors (Lipinski definition) is 5. The molecule has 0 bridgehead atoms. The van der Waals surface area contributed by atoms with Crippen LogP contribution < -0.4 is 5.32 Å². The molecule has 0 unspecified atom stereocenters. The Morgan fingerprint density at radius 1 is 1.21 bits per heavy atom. The van der Waals surface area contributed by atoms with Crippen LogP contribution in [0.15, 0.2) is 71.2 Å². The molecular weight excluding hydrogens is 322 g/mol. The molecule has 0 fully saturated rings. The molecule has 3 aromatic heterocycles. The molecule has 0 atom stereocenters. The number of anilines is 1. The molecule has 0 aliphatic rings. The first-order chi connectivity index (χ1) is 11.7. The molecule has 0 radical (unpaired) electrons. The fourth-order valence-corrected chi connectivity index (χ4v) is 2.71. The van der Waals surface area contributed by atoms with Gasteiger partial charge in [-0.15, -0.1) is 0 Å². The molecule has 0 aliphatic heterocycles. The van der Waals surface area contributed by atoms with Gasteiger partial charge < -0.3 is 5.32 Å². The Bertz CT molecular complexity index is 860. The van der Waals surface area contributed by atoms with Crippen molar-refractivity contribution in [3.05, 3.63) is 66.8 Å². The molecule has 0 spiro atoms. The molecule has 120 valence electrons. The molecular formula is C17H15N5OS. The van der Waals surface area contributed by atoms with E-state index in [0.29, 0.717) is 5.69 Å². The Labute approximate surface area is 143 Å². The number of pyridine rings is 2. The van der Waals surface area contributed by atoms with E-state index in [4.69, 9.17) is 0 Å². The summed E-state index contributed by atoms with van der Waals surface area (Å²) in [6.07, 6.45) is 10.1.